The van der Waals surface area contributed by atoms with E-state index in [0.717, 1.165) is 0 Å². The van der Waals surface area contributed by atoms with Crippen LogP contribution >= 0.6 is 0 Å². The molecule has 0 heterocycles. The third-order valence-electron chi connectivity index (χ3n) is 5.02. The van der Waals surface area contributed by atoms with Gasteiger partial charge in [0.05, 0.1) is 6.04 Å². The molecule has 0 rings (SSSR count). The lowest BCUT2D eigenvalue weighted by molar-refractivity contribution is -0.144. The van der Waals surface area contributed by atoms with E-state index in [-0.39, 0.29) is 30.8 Å². The van der Waals surface area contributed by atoms with Crippen LogP contribution in [0.1, 0.15) is 53.9 Å². The Labute approximate surface area is 189 Å². The number of guanidine groups is 1. The zero-order valence-corrected chi connectivity index (χ0v) is 19.6. The second-order valence-corrected chi connectivity index (χ2v) is 8.24. The molecule has 0 aliphatic heterocycles. The van der Waals surface area contributed by atoms with Crippen molar-refractivity contribution in [3.05, 3.63) is 0 Å². The maximum absolute atomic E-state index is 12.9. The highest BCUT2D eigenvalue weighted by Gasteiger charge is 2.32. The molecule has 3 amide bonds. The first-order chi connectivity index (χ1) is 14.8. The van der Waals surface area contributed by atoms with Crippen molar-refractivity contribution in [2.75, 3.05) is 6.54 Å². The predicted molar refractivity (Wildman–Crippen MR) is 121 cm³/mol. The second-order valence-electron chi connectivity index (χ2n) is 8.24. The van der Waals surface area contributed by atoms with Gasteiger partial charge in [0.25, 0.3) is 0 Å². The minimum Gasteiger partial charge on any atom is -0.480 e. The minimum absolute atomic E-state index is 0.101. The zero-order valence-electron chi connectivity index (χ0n) is 19.6. The van der Waals surface area contributed by atoms with Gasteiger partial charge in [-0.1, -0.05) is 34.1 Å². The average molecular weight is 458 g/mol. The third kappa shape index (κ3) is 10.4. The SMILES string of the molecule is CCC(C)C(NC(=O)C(CCCN=C(N)N)NC(=O)C(NC(=O)C(C)N)C(C)C)C(=O)O. The summed E-state index contributed by atoms with van der Waals surface area (Å²) in [5, 5.41) is 17.2. The highest BCUT2D eigenvalue weighted by Crippen LogP contribution is 2.10. The molecule has 0 aromatic heterocycles. The van der Waals surface area contributed by atoms with Crippen molar-refractivity contribution in [2.45, 2.75) is 78.0 Å². The Balaban J connectivity index is 5.54. The number of nitrogens with two attached hydrogens (primary N) is 3. The number of aliphatic carboxylic acids is 1. The number of hydrogen-bond donors (Lipinski definition) is 7. The number of amides is 3. The molecule has 32 heavy (non-hydrogen) atoms. The number of carbonyl (C=O) groups is 4. The number of carboxylic acid groups (broad SMARTS) is 1. The fourth-order valence-electron chi connectivity index (χ4n) is 2.79. The summed E-state index contributed by atoms with van der Waals surface area (Å²) < 4.78 is 0. The summed E-state index contributed by atoms with van der Waals surface area (Å²) in [6, 6.07) is -3.89. The topological polar surface area (TPSA) is 215 Å². The molecule has 0 fully saturated rings. The van der Waals surface area contributed by atoms with Crippen molar-refractivity contribution in [2.24, 2.45) is 34.0 Å². The summed E-state index contributed by atoms with van der Waals surface area (Å²) in [5.74, 6) is -3.59. The molecule has 0 spiro atoms. The van der Waals surface area contributed by atoms with Gasteiger partial charge in [0, 0.05) is 6.54 Å². The fourth-order valence-corrected chi connectivity index (χ4v) is 2.79. The Hall–Kier alpha value is -2.89. The van der Waals surface area contributed by atoms with Crippen molar-refractivity contribution in [3.63, 3.8) is 0 Å². The van der Waals surface area contributed by atoms with Crippen LogP contribution in [0.4, 0.5) is 0 Å². The molecular weight excluding hydrogens is 418 g/mol. The number of hydrogen-bond acceptors (Lipinski definition) is 6. The highest BCUT2D eigenvalue weighted by atomic mass is 16.4. The molecular formula is C20H39N7O5. The van der Waals surface area contributed by atoms with E-state index < -0.39 is 47.9 Å². The number of carboxylic acids is 1. The van der Waals surface area contributed by atoms with E-state index in [9.17, 15) is 24.3 Å². The van der Waals surface area contributed by atoms with E-state index in [2.05, 4.69) is 20.9 Å². The van der Waals surface area contributed by atoms with Crippen molar-refractivity contribution >= 4 is 29.7 Å². The molecule has 0 radical (unpaired) electrons. The molecule has 0 bridgehead atoms. The van der Waals surface area contributed by atoms with Crippen LogP contribution in [0.15, 0.2) is 4.99 Å². The summed E-state index contributed by atoms with van der Waals surface area (Å²) in [6.07, 6.45) is 1.06. The van der Waals surface area contributed by atoms with Crippen LogP contribution in [0.2, 0.25) is 0 Å². The maximum Gasteiger partial charge on any atom is 0.326 e. The van der Waals surface area contributed by atoms with Crippen LogP contribution in [0.3, 0.4) is 0 Å². The van der Waals surface area contributed by atoms with Crippen LogP contribution in [-0.4, -0.2) is 65.5 Å². The van der Waals surface area contributed by atoms with Gasteiger partial charge in [-0.25, -0.2) is 4.79 Å². The average Bonchev–Trinajstić information content (AvgIpc) is 2.70. The van der Waals surface area contributed by atoms with Crippen LogP contribution < -0.4 is 33.2 Å². The summed E-state index contributed by atoms with van der Waals surface area (Å²) in [4.78, 5) is 53.2. The molecule has 12 nitrogen and oxygen atoms in total. The molecule has 5 unspecified atom stereocenters. The Morgan fingerprint density at radius 3 is 1.91 bits per heavy atom. The molecule has 0 saturated heterocycles. The van der Waals surface area contributed by atoms with Gasteiger partial charge in [0.15, 0.2) is 5.96 Å². The van der Waals surface area contributed by atoms with Crippen LogP contribution in [0.5, 0.6) is 0 Å². The van der Waals surface area contributed by atoms with E-state index >= 15 is 0 Å². The number of aliphatic imine (C=N–C) groups is 1. The van der Waals surface area contributed by atoms with E-state index in [1.165, 1.54) is 6.92 Å². The first-order valence-electron chi connectivity index (χ1n) is 10.8. The number of rotatable bonds is 14. The van der Waals surface area contributed by atoms with Gasteiger partial charge in [0.2, 0.25) is 17.7 Å². The molecule has 0 aliphatic carbocycles. The van der Waals surface area contributed by atoms with Gasteiger partial charge in [-0.15, -0.1) is 0 Å². The van der Waals surface area contributed by atoms with Gasteiger partial charge in [-0.05, 0) is 31.6 Å². The zero-order chi connectivity index (χ0) is 25.0. The monoisotopic (exact) mass is 457 g/mol. The summed E-state index contributed by atoms with van der Waals surface area (Å²) >= 11 is 0. The lowest BCUT2D eigenvalue weighted by Crippen LogP contribution is -2.58. The predicted octanol–water partition coefficient (Wildman–Crippen LogP) is -1.37. The quantitative estimate of drug-likeness (QED) is 0.0935. The molecule has 0 aromatic carbocycles. The van der Waals surface area contributed by atoms with Gasteiger partial charge >= 0.3 is 5.97 Å². The Morgan fingerprint density at radius 2 is 1.47 bits per heavy atom. The second kappa shape index (κ2) is 14.2. The number of nitrogens with one attached hydrogen (secondary N) is 3. The molecule has 5 atom stereocenters. The first-order valence-corrected chi connectivity index (χ1v) is 10.8. The van der Waals surface area contributed by atoms with E-state index in [1.807, 2.05) is 6.92 Å². The van der Waals surface area contributed by atoms with Crippen LogP contribution in [0.25, 0.3) is 0 Å². The van der Waals surface area contributed by atoms with Crippen molar-refractivity contribution in [1.29, 1.82) is 0 Å². The molecule has 0 saturated carbocycles. The van der Waals surface area contributed by atoms with Crippen LogP contribution in [-0.2, 0) is 19.2 Å². The van der Waals surface area contributed by atoms with Gasteiger partial charge < -0.3 is 38.3 Å². The Bertz CT molecular complexity index is 677. The Kier molecular flexibility index (Phi) is 12.9. The summed E-state index contributed by atoms with van der Waals surface area (Å²) in [7, 11) is 0. The number of nitrogens with zero attached hydrogens (tertiary/aromatic N) is 1. The smallest absolute Gasteiger partial charge is 0.326 e. The fraction of sp³-hybridized carbons (Fsp3) is 0.750. The van der Waals surface area contributed by atoms with E-state index in [1.54, 1.807) is 20.8 Å². The van der Waals surface area contributed by atoms with Crippen molar-refractivity contribution in [3.8, 4) is 0 Å². The van der Waals surface area contributed by atoms with Crippen LogP contribution in [0, 0.1) is 11.8 Å². The summed E-state index contributed by atoms with van der Waals surface area (Å²) in [5.41, 5.74) is 16.2. The standard InChI is InChI=1S/C20H39N7O5/c1-6-11(4)15(19(31)32)27-17(29)13(8-7-9-24-20(22)23)25-18(30)14(10(2)3)26-16(28)12(5)21/h10-15H,6-9,21H2,1-5H3,(H,25,30)(H,26,28)(H,27,29)(H,31,32)(H4,22,23,24). The van der Waals surface area contributed by atoms with E-state index in [4.69, 9.17) is 17.2 Å². The minimum atomic E-state index is -1.16. The first kappa shape index (κ1) is 29.1. The van der Waals surface area contributed by atoms with Gasteiger partial charge in [-0.3, -0.25) is 19.4 Å². The Morgan fingerprint density at radius 1 is 0.906 bits per heavy atom. The normalized spacial score (nSPS) is 15.6. The lowest BCUT2D eigenvalue weighted by Gasteiger charge is -2.27. The molecule has 184 valence electrons. The lowest BCUT2D eigenvalue weighted by atomic mass is 9.98. The van der Waals surface area contributed by atoms with Gasteiger partial charge in [0.1, 0.15) is 18.1 Å². The van der Waals surface area contributed by atoms with Gasteiger partial charge in [-0.2, -0.15) is 0 Å². The molecule has 10 N–H and O–H groups in total. The number of carbonyl (C=O) groups excluding carboxylic acids is 3. The van der Waals surface area contributed by atoms with E-state index in [0.29, 0.717) is 12.8 Å². The third-order valence-corrected chi connectivity index (χ3v) is 5.02. The van der Waals surface area contributed by atoms with Crippen molar-refractivity contribution in [1.82, 2.24) is 16.0 Å². The maximum atomic E-state index is 12.9. The highest BCUT2D eigenvalue weighted by molar-refractivity contribution is 5.94. The molecule has 12 heteroatoms. The molecule has 0 aliphatic rings. The van der Waals surface area contributed by atoms with Crippen molar-refractivity contribution < 1.29 is 24.3 Å². The molecule has 0 aromatic rings. The summed E-state index contributed by atoms with van der Waals surface area (Å²) in [6.45, 7) is 8.72. The largest absolute Gasteiger partial charge is 0.480 e.